The van der Waals surface area contributed by atoms with Crippen molar-refractivity contribution in [3.63, 3.8) is 0 Å². The molecule has 2 fully saturated rings. The monoisotopic (exact) mass is 423 g/mol. The number of carbonyl (C=O) groups excluding carboxylic acids is 3. The second kappa shape index (κ2) is 6.87. The number of ether oxygens (including phenoxy) is 2. The molecule has 0 bridgehead atoms. The number of aryl methyl sites for hydroxylation is 1. The van der Waals surface area contributed by atoms with Crippen molar-refractivity contribution in [2.45, 2.75) is 45.7 Å². The van der Waals surface area contributed by atoms with E-state index < -0.39 is 11.6 Å². The summed E-state index contributed by atoms with van der Waals surface area (Å²) in [5, 5.41) is 2.79. The number of imide groups is 1. The summed E-state index contributed by atoms with van der Waals surface area (Å²) >= 11 is 0. The first kappa shape index (κ1) is 19.7. The highest BCUT2D eigenvalue weighted by Crippen LogP contribution is 2.42. The number of nitrogens with zero attached hydrogens (tertiary/aromatic N) is 2. The molecule has 1 aromatic heterocycles. The fraction of sp³-hybridized carbons (Fsp3) is 0.435. The largest absolute Gasteiger partial charge is 0.454 e. The van der Waals surface area contributed by atoms with E-state index in [1.807, 2.05) is 42.7 Å². The first-order valence-electron chi connectivity index (χ1n) is 10.5. The van der Waals surface area contributed by atoms with E-state index in [0.29, 0.717) is 17.9 Å². The Morgan fingerprint density at radius 1 is 1.16 bits per heavy atom. The summed E-state index contributed by atoms with van der Waals surface area (Å²) in [6.07, 6.45) is 1.84. The summed E-state index contributed by atoms with van der Waals surface area (Å²) in [6, 6.07) is 7.13. The minimum atomic E-state index is -0.881. The molecule has 1 atom stereocenters. The number of benzene rings is 1. The average Bonchev–Trinajstić information content (AvgIpc) is 3.39. The predicted octanol–water partition coefficient (Wildman–Crippen LogP) is 2.79. The number of Topliss-reactive ketones (excluding diaryl/α,β-unsaturated/α-hetero) is 1. The lowest BCUT2D eigenvalue weighted by molar-refractivity contribution is -0.131. The van der Waals surface area contributed by atoms with Crippen LogP contribution in [0.15, 0.2) is 24.3 Å². The predicted molar refractivity (Wildman–Crippen MR) is 111 cm³/mol. The number of nitrogens with one attached hydrogen (secondary N) is 1. The number of hydrogen-bond acceptors (Lipinski definition) is 5. The molecule has 1 N–H and O–H groups in total. The quantitative estimate of drug-likeness (QED) is 0.570. The van der Waals surface area contributed by atoms with E-state index in [9.17, 15) is 14.4 Å². The number of fused-ring (bicyclic) bond motifs is 1. The molecule has 0 unspecified atom stereocenters. The van der Waals surface area contributed by atoms with E-state index in [2.05, 4.69) is 5.32 Å². The molecule has 3 aliphatic rings. The summed E-state index contributed by atoms with van der Waals surface area (Å²) < 4.78 is 12.9. The zero-order chi connectivity index (χ0) is 21.9. The van der Waals surface area contributed by atoms with Crippen LogP contribution in [-0.2, 0) is 11.3 Å². The zero-order valence-corrected chi connectivity index (χ0v) is 17.9. The van der Waals surface area contributed by atoms with Gasteiger partial charge in [0.2, 0.25) is 6.79 Å². The maximum atomic E-state index is 13.1. The molecule has 5 rings (SSSR count). The first-order valence-corrected chi connectivity index (χ1v) is 10.5. The Labute approximate surface area is 180 Å². The van der Waals surface area contributed by atoms with Crippen molar-refractivity contribution in [2.24, 2.45) is 5.92 Å². The first-order chi connectivity index (χ1) is 14.8. The van der Waals surface area contributed by atoms with E-state index in [1.165, 1.54) is 0 Å². The Bertz CT molecular complexity index is 1120. The van der Waals surface area contributed by atoms with Crippen LogP contribution in [0.2, 0.25) is 0 Å². The molecule has 1 aliphatic carbocycles. The van der Waals surface area contributed by atoms with Crippen LogP contribution in [0.5, 0.6) is 11.5 Å². The van der Waals surface area contributed by atoms with E-state index in [0.717, 1.165) is 40.4 Å². The maximum Gasteiger partial charge on any atom is 0.325 e. The number of aromatic nitrogens is 1. The Hall–Kier alpha value is -3.29. The molecule has 8 nitrogen and oxygen atoms in total. The third-order valence-corrected chi connectivity index (χ3v) is 6.65. The van der Waals surface area contributed by atoms with Crippen molar-refractivity contribution in [3.8, 4) is 11.5 Å². The van der Waals surface area contributed by atoms with Gasteiger partial charge in [-0.3, -0.25) is 14.5 Å². The fourth-order valence-corrected chi connectivity index (χ4v) is 4.57. The number of ketones is 1. The number of amides is 3. The number of rotatable bonds is 6. The molecule has 162 valence electrons. The summed E-state index contributed by atoms with van der Waals surface area (Å²) in [5.74, 6) is 1.06. The maximum absolute atomic E-state index is 13.1. The molecule has 3 amide bonds. The van der Waals surface area contributed by atoms with Gasteiger partial charge < -0.3 is 19.4 Å². The van der Waals surface area contributed by atoms with Gasteiger partial charge >= 0.3 is 6.03 Å². The second-order valence-corrected chi connectivity index (χ2v) is 8.78. The lowest BCUT2D eigenvalue weighted by atomic mass is 9.96. The number of carbonyl (C=O) groups is 3. The van der Waals surface area contributed by atoms with Crippen LogP contribution in [0.1, 0.15) is 47.1 Å². The lowest BCUT2D eigenvalue weighted by Gasteiger charge is -2.20. The van der Waals surface area contributed by atoms with Crippen LogP contribution in [0, 0.1) is 19.8 Å². The molecule has 3 heterocycles. The minimum Gasteiger partial charge on any atom is -0.454 e. The molecule has 1 saturated heterocycles. The third kappa shape index (κ3) is 3.17. The van der Waals surface area contributed by atoms with Gasteiger partial charge in [-0.2, -0.15) is 0 Å². The molecular weight excluding hydrogens is 398 g/mol. The van der Waals surface area contributed by atoms with E-state index in [1.54, 1.807) is 6.92 Å². The second-order valence-electron chi connectivity index (χ2n) is 8.78. The van der Waals surface area contributed by atoms with Gasteiger partial charge in [0, 0.05) is 23.5 Å². The molecule has 0 radical (unpaired) electrons. The van der Waals surface area contributed by atoms with E-state index in [-0.39, 0.29) is 30.9 Å². The standard InChI is InChI=1S/C23H25N3O5/c1-13-8-17(14(2)25(13)10-15-4-7-19-20(9-15)31-12-30-19)18(27)11-26-21(28)23(3,16-5-6-16)24-22(26)29/h4,7-9,16H,5-6,10-12H2,1-3H3,(H,24,29)/t23-/m0/s1. The van der Waals surface area contributed by atoms with Gasteiger partial charge in [0.05, 0.1) is 6.54 Å². The molecule has 0 spiro atoms. The molecule has 8 heteroatoms. The van der Waals surface area contributed by atoms with Gasteiger partial charge in [-0.1, -0.05) is 6.07 Å². The van der Waals surface area contributed by atoms with Gasteiger partial charge in [0.1, 0.15) is 5.54 Å². The Balaban J connectivity index is 1.35. The van der Waals surface area contributed by atoms with Crippen LogP contribution in [0.3, 0.4) is 0 Å². The van der Waals surface area contributed by atoms with E-state index in [4.69, 9.17) is 9.47 Å². The average molecular weight is 423 g/mol. The molecule has 1 saturated carbocycles. The number of urea groups is 1. The lowest BCUT2D eigenvalue weighted by Crippen LogP contribution is -2.46. The summed E-state index contributed by atoms with van der Waals surface area (Å²) in [5.41, 5.74) is 2.40. The summed E-state index contributed by atoms with van der Waals surface area (Å²) in [7, 11) is 0. The van der Waals surface area contributed by atoms with E-state index >= 15 is 0 Å². The van der Waals surface area contributed by atoms with Gasteiger partial charge in [0.25, 0.3) is 5.91 Å². The molecular formula is C23H25N3O5. The van der Waals surface area contributed by atoms with Crippen molar-refractivity contribution in [1.29, 1.82) is 0 Å². The molecule has 2 aromatic rings. The Morgan fingerprint density at radius 3 is 2.65 bits per heavy atom. The zero-order valence-electron chi connectivity index (χ0n) is 17.9. The smallest absolute Gasteiger partial charge is 0.325 e. The molecule has 1 aromatic carbocycles. The van der Waals surface area contributed by atoms with Crippen molar-refractivity contribution in [1.82, 2.24) is 14.8 Å². The Morgan fingerprint density at radius 2 is 1.90 bits per heavy atom. The summed E-state index contributed by atoms with van der Waals surface area (Å²) in [4.78, 5) is 39.4. The Kier molecular flexibility index (Phi) is 4.35. The van der Waals surface area contributed by atoms with Crippen LogP contribution in [-0.4, -0.2) is 46.1 Å². The highest BCUT2D eigenvalue weighted by Gasteiger charge is 2.56. The molecule has 31 heavy (non-hydrogen) atoms. The highest BCUT2D eigenvalue weighted by molar-refractivity contribution is 6.11. The van der Waals surface area contributed by atoms with Crippen molar-refractivity contribution in [3.05, 3.63) is 46.8 Å². The van der Waals surface area contributed by atoms with Crippen molar-refractivity contribution >= 4 is 17.7 Å². The van der Waals surface area contributed by atoms with Gasteiger partial charge in [-0.15, -0.1) is 0 Å². The highest BCUT2D eigenvalue weighted by atomic mass is 16.7. The van der Waals surface area contributed by atoms with Gasteiger partial charge in [0.15, 0.2) is 17.3 Å². The van der Waals surface area contributed by atoms with Gasteiger partial charge in [-0.25, -0.2) is 4.79 Å². The van der Waals surface area contributed by atoms with Crippen LogP contribution < -0.4 is 14.8 Å². The van der Waals surface area contributed by atoms with Crippen LogP contribution in [0.4, 0.5) is 4.79 Å². The molecule has 2 aliphatic heterocycles. The number of hydrogen-bond donors (Lipinski definition) is 1. The SMILES string of the molecule is Cc1cc(C(=O)CN2C(=O)N[C@@](C)(C3CC3)C2=O)c(C)n1Cc1ccc2c(c1)OCO2. The fourth-order valence-electron chi connectivity index (χ4n) is 4.57. The van der Waals surface area contributed by atoms with Gasteiger partial charge in [-0.05, 0) is 63.3 Å². The van der Waals surface area contributed by atoms with Crippen LogP contribution in [0.25, 0.3) is 0 Å². The minimum absolute atomic E-state index is 0.163. The third-order valence-electron chi connectivity index (χ3n) is 6.65. The van der Waals surface area contributed by atoms with Crippen molar-refractivity contribution < 1.29 is 23.9 Å². The van der Waals surface area contributed by atoms with Crippen molar-refractivity contribution in [2.75, 3.05) is 13.3 Å². The summed E-state index contributed by atoms with van der Waals surface area (Å²) in [6.45, 7) is 6.13. The van der Waals surface area contributed by atoms with Crippen LogP contribution >= 0.6 is 0 Å². The normalized spacial score (nSPS) is 22.2. The topological polar surface area (TPSA) is 89.9 Å².